The molecule has 0 bridgehead atoms. The highest BCUT2D eigenvalue weighted by atomic mass is 79.9. The summed E-state index contributed by atoms with van der Waals surface area (Å²) in [5.74, 6) is -0.245. The Bertz CT molecular complexity index is 620. The van der Waals surface area contributed by atoms with E-state index in [0.29, 0.717) is 22.6 Å². The standard InChI is InChI=1S/C14H14BrN3O/c1-8-2-3-12(15)13(4-8)18-14(19)9-5-10(16)7-11(17)6-9/h2-7H,16-17H2,1H3,(H,18,19). The van der Waals surface area contributed by atoms with Crippen LogP contribution >= 0.6 is 15.9 Å². The van der Waals surface area contributed by atoms with Crippen molar-refractivity contribution in [2.75, 3.05) is 16.8 Å². The summed E-state index contributed by atoms with van der Waals surface area (Å²) < 4.78 is 0.823. The second kappa shape index (κ2) is 5.32. The highest BCUT2D eigenvalue weighted by Gasteiger charge is 2.09. The van der Waals surface area contributed by atoms with Gasteiger partial charge in [-0.3, -0.25) is 4.79 Å². The average molecular weight is 320 g/mol. The van der Waals surface area contributed by atoms with Crippen molar-refractivity contribution in [3.63, 3.8) is 0 Å². The van der Waals surface area contributed by atoms with Crippen molar-refractivity contribution in [1.29, 1.82) is 0 Å². The van der Waals surface area contributed by atoms with Crippen LogP contribution < -0.4 is 16.8 Å². The maximum absolute atomic E-state index is 12.1. The van der Waals surface area contributed by atoms with Gasteiger partial charge in [0, 0.05) is 21.4 Å². The largest absolute Gasteiger partial charge is 0.399 e. The van der Waals surface area contributed by atoms with Crippen molar-refractivity contribution in [2.24, 2.45) is 0 Å². The van der Waals surface area contributed by atoms with E-state index in [4.69, 9.17) is 11.5 Å². The first-order valence-electron chi connectivity index (χ1n) is 5.69. The minimum atomic E-state index is -0.245. The first-order valence-corrected chi connectivity index (χ1v) is 6.48. The van der Waals surface area contributed by atoms with Gasteiger partial charge in [-0.2, -0.15) is 0 Å². The van der Waals surface area contributed by atoms with Crippen LogP contribution in [0.5, 0.6) is 0 Å². The summed E-state index contributed by atoms with van der Waals surface area (Å²) >= 11 is 3.40. The number of rotatable bonds is 2. The van der Waals surface area contributed by atoms with Gasteiger partial charge >= 0.3 is 0 Å². The molecule has 2 aromatic carbocycles. The van der Waals surface area contributed by atoms with E-state index in [1.807, 2.05) is 25.1 Å². The summed E-state index contributed by atoms with van der Waals surface area (Å²) in [5, 5.41) is 2.82. The number of hydrogen-bond acceptors (Lipinski definition) is 3. The van der Waals surface area contributed by atoms with Gasteiger partial charge in [0.15, 0.2) is 0 Å². The van der Waals surface area contributed by atoms with Crippen molar-refractivity contribution < 1.29 is 4.79 Å². The molecule has 2 aromatic rings. The Morgan fingerprint density at radius 1 is 1.11 bits per heavy atom. The fraction of sp³-hybridized carbons (Fsp3) is 0.0714. The summed E-state index contributed by atoms with van der Waals surface area (Å²) in [5.41, 5.74) is 14.5. The molecule has 0 heterocycles. The highest BCUT2D eigenvalue weighted by molar-refractivity contribution is 9.10. The monoisotopic (exact) mass is 319 g/mol. The van der Waals surface area contributed by atoms with Gasteiger partial charge in [-0.15, -0.1) is 0 Å². The molecule has 0 spiro atoms. The highest BCUT2D eigenvalue weighted by Crippen LogP contribution is 2.24. The SMILES string of the molecule is Cc1ccc(Br)c(NC(=O)c2cc(N)cc(N)c2)c1. The molecule has 2 rings (SSSR count). The van der Waals surface area contributed by atoms with Crippen LogP contribution in [0.15, 0.2) is 40.9 Å². The first kappa shape index (κ1) is 13.4. The molecule has 0 unspecified atom stereocenters. The van der Waals surface area contributed by atoms with E-state index >= 15 is 0 Å². The second-order valence-electron chi connectivity index (χ2n) is 4.33. The Labute approximate surface area is 119 Å². The maximum atomic E-state index is 12.1. The number of aryl methyl sites for hydroxylation is 1. The number of nitrogen functional groups attached to an aromatic ring is 2. The fourth-order valence-corrected chi connectivity index (χ4v) is 2.08. The number of amides is 1. The Hall–Kier alpha value is -2.01. The van der Waals surface area contributed by atoms with Crippen molar-refractivity contribution in [3.8, 4) is 0 Å². The van der Waals surface area contributed by atoms with Gasteiger partial charge in [0.05, 0.1) is 5.69 Å². The smallest absolute Gasteiger partial charge is 0.255 e. The molecule has 98 valence electrons. The van der Waals surface area contributed by atoms with Crippen LogP contribution in [-0.4, -0.2) is 5.91 Å². The second-order valence-corrected chi connectivity index (χ2v) is 5.18. The zero-order valence-corrected chi connectivity index (χ0v) is 12.0. The lowest BCUT2D eigenvalue weighted by Gasteiger charge is -2.09. The third-order valence-corrected chi connectivity index (χ3v) is 3.30. The van der Waals surface area contributed by atoms with Gasteiger partial charge in [-0.1, -0.05) is 6.07 Å². The molecular formula is C14H14BrN3O. The number of benzene rings is 2. The van der Waals surface area contributed by atoms with Gasteiger partial charge in [-0.25, -0.2) is 0 Å². The molecule has 1 amide bonds. The van der Waals surface area contributed by atoms with E-state index in [9.17, 15) is 4.79 Å². The summed E-state index contributed by atoms with van der Waals surface area (Å²) in [6, 6.07) is 10.5. The van der Waals surface area contributed by atoms with Gasteiger partial charge < -0.3 is 16.8 Å². The number of carbonyl (C=O) groups excluding carboxylic acids is 1. The van der Waals surface area contributed by atoms with E-state index in [1.165, 1.54) is 0 Å². The van der Waals surface area contributed by atoms with Gasteiger partial charge in [0.25, 0.3) is 5.91 Å². The number of hydrogen-bond donors (Lipinski definition) is 3. The van der Waals surface area contributed by atoms with Crippen LogP contribution in [0.3, 0.4) is 0 Å². The number of carbonyl (C=O) groups is 1. The average Bonchev–Trinajstić information content (AvgIpc) is 2.32. The lowest BCUT2D eigenvalue weighted by atomic mass is 10.1. The lowest BCUT2D eigenvalue weighted by molar-refractivity contribution is 0.102. The number of halogens is 1. The predicted molar refractivity (Wildman–Crippen MR) is 82.1 cm³/mol. The summed E-state index contributed by atoms with van der Waals surface area (Å²) in [7, 11) is 0. The van der Waals surface area contributed by atoms with E-state index in [0.717, 1.165) is 10.0 Å². The third kappa shape index (κ3) is 3.26. The Kier molecular flexibility index (Phi) is 3.76. The molecule has 0 aliphatic carbocycles. The summed E-state index contributed by atoms with van der Waals surface area (Å²) in [4.78, 5) is 12.1. The van der Waals surface area contributed by atoms with E-state index in [2.05, 4.69) is 21.2 Å². The fourth-order valence-electron chi connectivity index (χ4n) is 1.74. The molecule has 5 N–H and O–H groups in total. The molecule has 19 heavy (non-hydrogen) atoms. The van der Waals surface area contributed by atoms with Crippen molar-refractivity contribution in [1.82, 2.24) is 0 Å². The maximum Gasteiger partial charge on any atom is 0.255 e. The van der Waals surface area contributed by atoms with Gasteiger partial charge in [0.2, 0.25) is 0 Å². The zero-order chi connectivity index (χ0) is 14.0. The Morgan fingerprint density at radius 2 is 1.74 bits per heavy atom. The molecule has 0 saturated carbocycles. The number of anilines is 3. The molecule has 0 aliphatic rings. The predicted octanol–water partition coefficient (Wildman–Crippen LogP) is 3.17. The van der Waals surface area contributed by atoms with Crippen molar-refractivity contribution in [3.05, 3.63) is 52.0 Å². The topological polar surface area (TPSA) is 81.1 Å². The van der Waals surface area contributed by atoms with Crippen LogP contribution in [0, 0.1) is 6.92 Å². The van der Waals surface area contributed by atoms with Gasteiger partial charge in [0.1, 0.15) is 0 Å². The number of nitrogens with two attached hydrogens (primary N) is 2. The summed E-state index contributed by atoms with van der Waals surface area (Å²) in [6.45, 7) is 1.96. The van der Waals surface area contributed by atoms with E-state index < -0.39 is 0 Å². The van der Waals surface area contributed by atoms with Crippen LogP contribution in [-0.2, 0) is 0 Å². The van der Waals surface area contributed by atoms with E-state index in [-0.39, 0.29) is 5.91 Å². The van der Waals surface area contributed by atoms with Gasteiger partial charge in [-0.05, 0) is 58.7 Å². The minimum absolute atomic E-state index is 0.245. The van der Waals surface area contributed by atoms with Crippen LogP contribution in [0.25, 0.3) is 0 Å². The molecule has 0 fully saturated rings. The van der Waals surface area contributed by atoms with Crippen LogP contribution in [0.4, 0.5) is 17.1 Å². The normalized spacial score (nSPS) is 10.2. The molecule has 0 radical (unpaired) electrons. The molecule has 4 nitrogen and oxygen atoms in total. The quantitative estimate of drug-likeness (QED) is 0.743. The molecule has 0 atom stereocenters. The van der Waals surface area contributed by atoms with Crippen molar-refractivity contribution in [2.45, 2.75) is 6.92 Å². The van der Waals surface area contributed by atoms with E-state index in [1.54, 1.807) is 18.2 Å². The van der Waals surface area contributed by atoms with Crippen LogP contribution in [0.1, 0.15) is 15.9 Å². The van der Waals surface area contributed by atoms with Crippen molar-refractivity contribution >= 4 is 38.9 Å². The third-order valence-electron chi connectivity index (χ3n) is 2.61. The first-order chi connectivity index (χ1) is 8.95. The molecule has 0 aromatic heterocycles. The zero-order valence-electron chi connectivity index (χ0n) is 10.4. The molecule has 5 heteroatoms. The van der Waals surface area contributed by atoms with Crippen LogP contribution in [0.2, 0.25) is 0 Å². The Balaban J connectivity index is 2.28. The number of nitrogens with one attached hydrogen (secondary N) is 1. The Morgan fingerprint density at radius 3 is 2.37 bits per heavy atom. The summed E-state index contributed by atoms with van der Waals surface area (Å²) in [6.07, 6.45) is 0. The minimum Gasteiger partial charge on any atom is -0.399 e. The lowest BCUT2D eigenvalue weighted by Crippen LogP contribution is -2.13. The molecular weight excluding hydrogens is 306 g/mol. The molecule has 0 aliphatic heterocycles. The molecule has 0 saturated heterocycles.